The molecule has 30 heavy (non-hydrogen) atoms. The van der Waals surface area contributed by atoms with Gasteiger partial charge in [-0.25, -0.2) is 0 Å². The fourth-order valence-corrected chi connectivity index (χ4v) is 4.06. The number of rotatable bonds is 27. The van der Waals surface area contributed by atoms with Crippen LogP contribution in [0.3, 0.4) is 0 Å². The van der Waals surface area contributed by atoms with Crippen LogP contribution in [0.5, 0.6) is 0 Å². The van der Waals surface area contributed by atoms with Gasteiger partial charge >= 0.3 is 0 Å². The summed E-state index contributed by atoms with van der Waals surface area (Å²) in [6.45, 7) is 7.95. The zero-order chi connectivity index (χ0) is 21.8. The molecule has 2 nitrogen and oxygen atoms in total. The van der Waals surface area contributed by atoms with Gasteiger partial charge in [-0.1, -0.05) is 142 Å². The Morgan fingerprint density at radius 2 is 0.500 bits per heavy atom. The van der Waals surface area contributed by atoms with Crippen molar-refractivity contribution in [1.82, 2.24) is 0 Å². The summed E-state index contributed by atoms with van der Waals surface area (Å²) < 4.78 is 11.4. The first-order valence-corrected chi connectivity index (χ1v) is 14.1. The third-order valence-electron chi connectivity index (χ3n) is 6.16. The Morgan fingerprint density at radius 1 is 0.267 bits per heavy atom. The zero-order valence-corrected chi connectivity index (χ0v) is 21.2. The molecule has 0 aliphatic carbocycles. The Kier molecular flexibility index (Phi) is 28.8. The van der Waals surface area contributed by atoms with Gasteiger partial charge < -0.3 is 9.47 Å². The van der Waals surface area contributed by atoms with Crippen molar-refractivity contribution in [2.24, 2.45) is 0 Å². The maximum atomic E-state index is 5.70. The predicted octanol–water partition coefficient (Wildman–Crippen LogP) is 9.64. The van der Waals surface area contributed by atoms with E-state index in [0.717, 1.165) is 26.4 Å². The minimum absolute atomic E-state index is 0.773. The van der Waals surface area contributed by atoms with E-state index < -0.39 is 0 Å². The second-order valence-electron chi connectivity index (χ2n) is 9.30. The minimum atomic E-state index is 0.773. The van der Waals surface area contributed by atoms with Gasteiger partial charge in [0, 0.05) is 13.2 Å². The predicted molar refractivity (Wildman–Crippen MR) is 135 cm³/mol. The average Bonchev–Trinajstić information content (AvgIpc) is 2.76. The zero-order valence-electron chi connectivity index (χ0n) is 21.2. The highest BCUT2D eigenvalue weighted by Crippen LogP contribution is 2.13. The van der Waals surface area contributed by atoms with Crippen LogP contribution in [0.1, 0.15) is 155 Å². The Bertz CT molecular complexity index is 252. The lowest BCUT2D eigenvalue weighted by molar-refractivity contribution is 0.0448. The van der Waals surface area contributed by atoms with E-state index in [2.05, 4.69) is 13.8 Å². The van der Waals surface area contributed by atoms with Crippen LogP contribution in [0.25, 0.3) is 0 Å². The highest BCUT2D eigenvalue weighted by molar-refractivity contribution is 4.49. The molecule has 0 aromatic heterocycles. The van der Waals surface area contributed by atoms with E-state index in [4.69, 9.17) is 9.47 Å². The molecule has 0 fully saturated rings. The molecule has 0 saturated heterocycles. The number of ether oxygens (including phenoxy) is 2. The molecule has 0 aliphatic heterocycles. The summed E-state index contributed by atoms with van der Waals surface area (Å²) in [5.41, 5.74) is 0. The molecule has 0 atom stereocenters. The number of unbranched alkanes of at least 4 members (excludes halogenated alkanes) is 20. The Balaban J connectivity index is 2.97. The molecule has 0 unspecified atom stereocenters. The maximum Gasteiger partial charge on any atom is 0.0700 e. The van der Waals surface area contributed by atoms with Crippen molar-refractivity contribution in [1.29, 1.82) is 0 Å². The van der Waals surface area contributed by atoms with Gasteiger partial charge in [0.15, 0.2) is 0 Å². The van der Waals surface area contributed by atoms with Crippen LogP contribution in [0.2, 0.25) is 0 Å². The van der Waals surface area contributed by atoms with Crippen molar-refractivity contribution < 1.29 is 9.47 Å². The van der Waals surface area contributed by atoms with Gasteiger partial charge in [0.05, 0.1) is 13.2 Å². The second-order valence-corrected chi connectivity index (χ2v) is 9.30. The molecule has 0 aromatic rings. The summed E-state index contributed by atoms with van der Waals surface area (Å²) in [4.78, 5) is 0. The lowest BCUT2D eigenvalue weighted by Crippen LogP contribution is -2.06. The molecule has 182 valence electrons. The van der Waals surface area contributed by atoms with Gasteiger partial charge in [-0.2, -0.15) is 0 Å². The summed E-state index contributed by atoms with van der Waals surface area (Å²) in [6.07, 6.45) is 30.7. The highest BCUT2D eigenvalue weighted by Gasteiger charge is 1.96. The topological polar surface area (TPSA) is 18.5 Å². The van der Waals surface area contributed by atoms with E-state index in [1.807, 2.05) is 0 Å². The SMILES string of the molecule is CCCCCCCCCCCCCCCCOCCOCCCCCCCCCC. The van der Waals surface area contributed by atoms with Crippen molar-refractivity contribution in [3.05, 3.63) is 0 Å². The fourth-order valence-electron chi connectivity index (χ4n) is 4.06. The monoisotopic (exact) mass is 426 g/mol. The van der Waals surface area contributed by atoms with Crippen molar-refractivity contribution in [2.45, 2.75) is 155 Å². The van der Waals surface area contributed by atoms with Crippen LogP contribution in [0, 0.1) is 0 Å². The van der Waals surface area contributed by atoms with Crippen LogP contribution in [0.15, 0.2) is 0 Å². The van der Waals surface area contributed by atoms with Gasteiger partial charge in [0.1, 0.15) is 0 Å². The lowest BCUT2D eigenvalue weighted by atomic mass is 10.0. The third-order valence-corrected chi connectivity index (χ3v) is 6.16. The largest absolute Gasteiger partial charge is 0.379 e. The van der Waals surface area contributed by atoms with Gasteiger partial charge in [0.2, 0.25) is 0 Å². The van der Waals surface area contributed by atoms with Crippen LogP contribution in [0.4, 0.5) is 0 Å². The summed E-state index contributed by atoms with van der Waals surface area (Å²) >= 11 is 0. The standard InChI is InChI=1S/C28H58O2/c1-3-5-7-9-11-13-14-15-16-17-18-20-22-24-26-30-28-27-29-25-23-21-19-12-10-8-6-4-2/h3-28H2,1-2H3. The van der Waals surface area contributed by atoms with Gasteiger partial charge in [-0.15, -0.1) is 0 Å². The molecular formula is C28H58O2. The smallest absolute Gasteiger partial charge is 0.0700 e. The summed E-state index contributed by atoms with van der Waals surface area (Å²) in [5, 5.41) is 0. The maximum absolute atomic E-state index is 5.70. The molecule has 0 aromatic carbocycles. The van der Waals surface area contributed by atoms with E-state index in [9.17, 15) is 0 Å². The minimum Gasteiger partial charge on any atom is -0.379 e. The Labute approximate surface area is 191 Å². The van der Waals surface area contributed by atoms with Gasteiger partial charge in [-0.3, -0.25) is 0 Å². The quantitative estimate of drug-likeness (QED) is 0.122. The van der Waals surface area contributed by atoms with Crippen molar-refractivity contribution in [2.75, 3.05) is 26.4 Å². The molecule has 0 spiro atoms. The molecule has 0 radical (unpaired) electrons. The average molecular weight is 427 g/mol. The Morgan fingerprint density at radius 3 is 0.767 bits per heavy atom. The van der Waals surface area contributed by atoms with E-state index >= 15 is 0 Å². The van der Waals surface area contributed by atoms with E-state index in [1.54, 1.807) is 0 Å². The molecule has 2 heteroatoms. The molecule has 0 bridgehead atoms. The van der Waals surface area contributed by atoms with Crippen molar-refractivity contribution in [3.63, 3.8) is 0 Å². The molecule has 0 N–H and O–H groups in total. The van der Waals surface area contributed by atoms with E-state index in [-0.39, 0.29) is 0 Å². The Hall–Kier alpha value is -0.0800. The number of hydrogen-bond acceptors (Lipinski definition) is 2. The molecular weight excluding hydrogens is 368 g/mol. The summed E-state index contributed by atoms with van der Waals surface area (Å²) in [5.74, 6) is 0. The van der Waals surface area contributed by atoms with Gasteiger partial charge in [-0.05, 0) is 12.8 Å². The van der Waals surface area contributed by atoms with E-state index in [1.165, 1.54) is 141 Å². The summed E-state index contributed by atoms with van der Waals surface area (Å²) in [7, 11) is 0. The highest BCUT2D eigenvalue weighted by atomic mass is 16.5. The summed E-state index contributed by atoms with van der Waals surface area (Å²) in [6, 6.07) is 0. The van der Waals surface area contributed by atoms with Crippen molar-refractivity contribution in [3.8, 4) is 0 Å². The van der Waals surface area contributed by atoms with Gasteiger partial charge in [0.25, 0.3) is 0 Å². The second kappa shape index (κ2) is 28.9. The van der Waals surface area contributed by atoms with Crippen LogP contribution in [-0.2, 0) is 9.47 Å². The third kappa shape index (κ3) is 27.9. The molecule has 0 rings (SSSR count). The molecule has 0 aliphatic rings. The van der Waals surface area contributed by atoms with Crippen molar-refractivity contribution >= 4 is 0 Å². The fraction of sp³-hybridized carbons (Fsp3) is 1.00. The first-order valence-electron chi connectivity index (χ1n) is 14.1. The first-order chi connectivity index (χ1) is 14.9. The van der Waals surface area contributed by atoms with Crippen LogP contribution >= 0.6 is 0 Å². The molecule has 0 amide bonds. The lowest BCUT2D eigenvalue weighted by Gasteiger charge is -2.06. The van der Waals surface area contributed by atoms with Crippen LogP contribution < -0.4 is 0 Å². The normalized spacial score (nSPS) is 11.4. The van der Waals surface area contributed by atoms with Crippen LogP contribution in [-0.4, -0.2) is 26.4 Å². The molecule has 0 heterocycles. The van der Waals surface area contributed by atoms with E-state index in [0.29, 0.717) is 0 Å². The molecule has 0 saturated carbocycles. The first kappa shape index (κ1) is 29.9. The number of hydrogen-bond donors (Lipinski definition) is 0.